The summed E-state index contributed by atoms with van der Waals surface area (Å²) in [5.41, 5.74) is 0.943. The molecule has 0 unspecified atom stereocenters. The molecule has 1 aromatic carbocycles. The Bertz CT molecular complexity index is 524. The first kappa shape index (κ1) is 13.7. The Balaban J connectivity index is 2.08. The number of allylic oxidation sites excluding steroid dienone is 2. The molecule has 0 radical (unpaired) electrons. The van der Waals surface area contributed by atoms with E-state index in [9.17, 15) is 0 Å². The van der Waals surface area contributed by atoms with Crippen LogP contribution in [0.1, 0.15) is 33.6 Å². The van der Waals surface area contributed by atoms with Crippen molar-refractivity contribution in [2.45, 2.75) is 43.5 Å². The first-order chi connectivity index (χ1) is 8.80. The summed E-state index contributed by atoms with van der Waals surface area (Å²) >= 11 is -2.35. The zero-order valence-electron chi connectivity index (χ0n) is 13.0. The van der Waals surface area contributed by atoms with Gasteiger partial charge in [-0.2, -0.15) is 0 Å². The third-order valence-electron chi connectivity index (χ3n) is 6.44. The van der Waals surface area contributed by atoms with Crippen LogP contribution in [0.2, 0.25) is 9.88 Å². The van der Waals surface area contributed by atoms with E-state index >= 15 is 0 Å². The van der Waals surface area contributed by atoms with Gasteiger partial charge in [0.15, 0.2) is 0 Å². The van der Waals surface area contributed by atoms with Crippen LogP contribution in [-0.2, 0) is 0 Å². The van der Waals surface area contributed by atoms with Gasteiger partial charge in [0.25, 0.3) is 0 Å². The Morgan fingerprint density at radius 2 is 1.68 bits per heavy atom. The Hall–Kier alpha value is -0.241. The Kier molecular flexibility index (Phi) is 2.98. The fourth-order valence-electron chi connectivity index (χ4n) is 4.60. The molecule has 2 atom stereocenters. The summed E-state index contributed by atoms with van der Waals surface area (Å²) in [6.45, 7) is 7.55. The molecule has 2 aliphatic rings. The van der Waals surface area contributed by atoms with E-state index in [1.807, 2.05) is 3.59 Å². The molecule has 2 bridgehead atoms. The van der Waals surface area contributed by atoms with E-state index in [1.165, 1.54) is 12.8 Å². The maximum atomic E-state index is 2.70. The van der Waals surface area contributed by atoms with Crippen LogP contribution < -0.4 is 3.58 Å². The van der Waals surface area contributed by atoms with Crippen molar-refractivity contribution in [1.29, 1.82) is 0 Å². The number of rotatable bonds is 2. The second-order valence-corrected chi connectivity index (χ2v) is 20.2. The third-order valence-corrected chi connectivity index (χ3v) is 17.4. The van der Waals surface area contributed by atoms with E-state index in [0.29, 0.717) is 10.8 Å². The summed E-state index contributed by atoms with van der Waals surface area (Å²) in [7, 11) is 0. The molecule has 1 fully saturated rings. The monoisotopic (exact) mass is 362 g/mol. The normalized spacial score (nSPS) is 32.5. The van der Waals surface area contributed by atoms with Gasteiger partial charge in [-0.05, 0) is 0 Å². The van der Waals surface area contributed by atoms with Crippen LogP contribution in [-0.4, -0.2) is 18.4 Å². The molecule has 102 valence electrons. The van der Waals surface area contributed by atoms with Crippen LogP contribution in [0, 0.1) is 16.7 Å². The van der Waals surface area contributed by atoms with Crippen molar-refractivity contribution < 1.29 is 0 Å². The zero-order chi connectivity index (χ0) is 13.9. The summed E-state index contributed by atoms with van der Waals surface area (Å²) in [5, 5.41) is 0. The molecule has 0 aromatic heterocycles. The third kappa shape index (κ3) is 1.71. The Morgan fingerprint density at radius 3 is 2.16 bits per heavy atom. The summed E-state index contributed by atoms with van der Waals surface area (Å²) in [6.07, 6.45) is 5.51. The first-order valence-corrected chi connectivity index (χ1v) is 16.1. The predicted molar refractivity (Wildman–Crippen MR) is 86.3 cm³/mol. The summed E-state index contributed by atoms with van der Waals surface area (Å²) < 4.78 is 3.54. The molecule has 0 spiro atoms. The molecule has 0 amide bonds. The van der Waals surface area contributed by atoms with E-state index in [4.69, 9.17) is 0 Å². The van der Waals surface area contributed by atoms with Gasteiger partial charge < -0.3 is 0 Å². The van der Waals surface area contributed by atoms with Crippen molar-refractivity contribution in [2.75, 3.05) is 0 Å². The van der Waals surface area contributed by atoms with Crippen LogP contribution >= 0.6 is 0 Å². The van der Waals surface area contributed by atoms with Gasteiger partial charge in [0, 0.05) is 0 Å². The molecule has 0 aliphatic heterocycles. The Morgan fingerprint density at radius 1 is 1.05 bits per heavy atom. The Labute approximate surface area is 122 Å². The molecule has 0 N–H and O–H groups in total. The van der Waals surface area contributed by atoms with Crippen molar-refractivity contribution in [3.05, 3.63) is 40.0 Å². The fourth-order valence-corrected chi connectivity index (χ4v) is 15.4. The maximum absolute atomic E-state index is 2.70. The molecule has 0 heterocycles. The fraction of sp³-hybridized carbons (Fsp3) is 0.556. The van der Waals surface area contributed by atoms with Crippen molar-refractivity contribution in [3.63, 3.8) is 0 Å². The molecular formula is C18H26Sn. The second-order valence-electron chi connectivity index (χ2n) is 7.77. The minimum atomic E-state index is -2.35. The van der Waals surface area contributed by atoms with Crippen LogP contribution in [0.25, 0.3) is 0 Å². The predicted octanol–water partition coefficient (Wildman–Crippen LogP) is 4.52. The van der Waals surface area contributed by atoms with Gasteiger partial charge in [-0.25, -0.2) is 0 Å². The van der Waals surface area contributed by atoms with Crippen molar-refractivity contribution in [3.8, 4) is 0 Å². The molecule has 1 heteroatoms. The second kappa shape index (κ2) is 4.13. The van der Waals surface area contributed by atoms with Gasteiger partial charge in [0.2, 0.25) is 0 Å². The van der Waals surface area contributed by atoms with E-state index in [2.05, 4.69) is 67.1 Å². The number of fused-ring (bicyclic) bond motifs is 2. The molecular weight excluding hydrogens is 335 g/mol. The topological polar surface area (TPSA) is 0 Å². The van der Waals surface area contributed by atoms with Gasteiger partial charge >= 0.3 is 122 Å². The summed E-state index contributed by atoms with van der Waals surface area (Å²) in [4.78, 5) is 5.22. The number of hydrogen-bond donors (Lipinski definition) is 0. The van der Waals surface area contributed by atoms with E-state index in [0.717, 1.165) is 5.92 Å². The van der Waals surface area contributed by atoms with Gasteiger partial charge in [-0.1, -0.05) is 0 Å². The SMILES string of the molecule is CC1(C)[C@H]2C=[C]([Sn]([CH3])([CH3])[c]3ccccc3)[C@]1(C)CC2. The standard InChI is InChI=1S/C10H15.C6H5.2CH3.Sn/c1-9(2)8-4-6-10(9,3)7-5-8;1-2-4-6-5-3-1;;;/h4,8H,5,7H2,1-3H3;1-5H;2*1H3;/t8-,10+;;;;/m0..../s1. The van der Waals surface area contributed by atoms with E-state index in [1.54, 1.807) is 3.58 Å². The van der Waals surface area contributed by atoms with Crippen molar-refractivity contribution in [1.82, 2.24) is 0 Å². The van der Waals surface area contributed by atoms with E-state index < -0.39 is 18.4 Å². The summed E-state index contributed by atoms with van der Waals surface area (Å²) in [6, 6.07) is 11.3. The number of benzene rings is 1. The average molecular weight is 361 g/mol. The van der Waals surface area contributed by atoms with Gasteiger partial charge in [0.1, 0.15) is 0 Å². The van der Waals surface area contributed by atoms with Crippen molar-refractivity contribution in [2.24, 2.45) is 16.7 Å². The molecule has 0 nitrogen and oxygen atoms in total. The van der Waals surface area contributed by atoms with Crippen LogP contribution in [0.5, 0.6) is 0 Å². The first-order valence-electron chi connectivity index (χ1n) is 7.58. The van der Waals surface area contributed by atoms with Gasteiger partial charge in [-0.15, -0.1) is 0 Å². The molecule has 3 rings (SSSR count). The molecule has 1 aromatic rings. The molecule has 2 aliphatic carbocycles. The average Bonchev–Trinajstić information content (AvgIpc) is 2.72. The quantitative estimate of drug-likeness (QED) is 0.680. The number of hydrogen-bond acceptors (Lipinski definition) is 0. The molecule has 0 saturated heterocycles. The molecule has 19 heavy (non-hydrogen) atoms. The molecule has 1 saturated carbocycles. The van der Waals surface area contributed by atoms with Crippen LogP contribution in [0.3, 0.4) is 0 Å². The zero-order valence-corrected chi connectivity index (χ0v) is 15.8. The van der Waals surface area contributed by atoms with Crippen LogP contribution in [0.15, 0.2) is 40.0 Å². The van der Waals surface area contributed by atoms with Gasteiger partial charge in [0.05, 0.1) is 0 Å². The van der Waals surface area contributed by atoms with E-state index in [-0.39, 0.29) is 0 Å². The van der Waals surface area contributed by atoms with Crippen molar-refractivity contribution >= 4 is 22.0 Å². The van der Waals surface area contributed by atoms with Crippen LogP contribution in [0.4, 0.5) is 0 Å². The minimum absolute atomic E-state index is 0.465. The summed E-state index contributed by atoms with van der Waals surface area (Å²) in [5.74, 6) is 0.826. The van der Waals surface area contributed by atoms with Gasteiger partial charge in [-0.3, -0.25) is 0 Å².